The van der Waals surface area contributed by atoms with Crippen LogP contribution in [0.4, 0.5) is 0 Å². The molecule has 7 heavy (non-hydrogen) atoms. The molecule has 0 aliphatic carbocycles. The number of allylic oxidation sites excluding steroid dienone is 2. The first-order valence-corrected chi connectivity index (χ1v) is 2.68. The van der Waals surface area contributed by atoms with E-state index in [1.807, 2.05) is 0 Å². The van der Waals surface area contributed by atoms with Crippen molar-refractivity contribution in [3.05, 3.63) is 23.2 Å². The average Bonchev–Trinajstić information content (AvgIpc) is 1.68. The van der Waals surface area contributed by atoms with Crippen molar-refractivity contribution in [2.75, 3.05) is 0 Å². The zero-order valence-electron chi connectivity index (χ0n) is 3.82. The molecular formula is C5H6Cl2. The van der Waals surface area contributed by atoms with Gasteiger partial charge in [0.15, 0.2) is 0 Å². The summed E-state index contributed by atoms with van der Waals surface area (Å²) in [6.07, 6.45) is 2.35. The summed E-state index contributed by atoms with van der Waals surface area (Å²) in [7, 11) is 0. The lowest BCUT2D eigenvalue weighted by molar-refractivity contribution is 1.37. The van der Waals surface area contributed by atoms with Crippen LogP contribution >= 0.6 is 23.2 Å². The van der Waals surface area contributed by atoms with E-state index in [9.17, 15) is 0 Å². The minimum atomic E-state index is 0.622. The van der Waals surface area contributed by atoms with Crippen molar-refractivity contribution in [2.45, 2.75) is 6.42 Å². The zero-order valence-corrected chi connectivity index (χ0v) is 5.34. The van der Waals surface area contributed by atoms with Gasteiger partial charge < -0.3 is 0 Å². The van der Waals surface area contributed by atoms with E-state index in [1.54, 1.807) is 6.08 Å². The lowest BCUT2D eigenvalue weighted by Gasteiger charge is -1.82. The van der Waals surface area contributed by atoms with E-state index in [0.29, 0.717) is 11.5 Å². The van der Waals surface area contributed by atoms with E-state index >= 15 is 0 Å². The lowest BCUT2D eigenvalue weighted by Crippen LogP contribution is -1.60. The van der Waals surface area contributed by atoms with Gasteiger partial charge in [0.1, 0.15) is 0 Å². The molecule has 0 radical (unpaired) electrons. The van der Waals surface area contributed by atoms with Crippen LogP contribution in [-0.2, 0) is 0 Å². The maximum atomic E-state index is 5.42. The summed E-state index contributed by atoms with van der Waals surface area (Å²) in [5.41, 5.74) is 1.34. The van der Waals surface area contributed by atoms with Crippen molar-refractivity contribution in [1.82, 2.24) is 0 Å². The van der Waals surface area contributed by atoms with Gasteiger partial charge in [-0.1, -0.05) is 29.3 Å². The van der Waals surface area contributed by atoms with E-state index in [4.69, 9.17) is 23.2 Å². The quantitative estimate of drug-likeness (QED) is 0.513. The Labute approximate surface area is 53.4 Å². The van der Waals surface area contributed by atoms with Gasteiger partial charge in [0.05, 0.1) is 0 Å². The van der Waals surface area contributed by atoms with E-state index in [2.05, 4.69) is 6.58 Å². The third kappa shape index (κ3) is 3.90. The van der Waals surface area contributed by atoms with Gasteiger partial charge in [-0.2, -0.15) is 0 Å². The molecule has 0 bridgehead atoms. The molecule has 0 unspecified atom stereocenters. The number of hydrogen-bond acceptors (Lipinski definition) is 0. The Balaban J connectivity index is 3.36. The first-order chi connectivity index (χ1) is 3.31. The standard InChI is InChI=1S/C5H6Cl2/c1-2-3-5(7)4-6/h2,4H,1,3H2. The molecule has 0 atom stereocenters. The molecule has 2 heteroatoms. The molecule has 0 spiro atoms. The molecule has 0 N–H and O–H groups in total. The van der Waals surface area contributed by atoms with Gasteiger partial charge >= 0.3 is 0 Å². The Morgan fingerprint density at radius 3 is 2.43 bits per heavy atom. The Hall–Kier alpha value is 0.0600. The molecule has 0 aliphatic rings. The molecule has 0 aromatic rings. The molecule has 0 nitrogen and oxygen atoms in total. The van der Waals surface area contributed by atoms with Crippen LogP contribution in [0.25, 0.3) is 0 Å². The van der Waals surface area contributed by atoms with Gasteiger partial charge in [0, 0.05) is 17.0 Å². The summed E-state index contributed by atoms with van der Waals surface area (Å²) < 4.78 is 0. The van der Waals surface area contributed by atoms with Gasteiger partial charge in [0.25, 0.3) is 0 Å². The van der Waals surface area contributed by atoms with Crippen molar-refractivity contribution in [3.8, 4) is 0 Å². The van der Waals surface area contributed by atoms with Gasteiger partial charge in [0.2, 0.25) is 0 Å². The second-order valence-electron chi connectivity index (χ2n) is 1.05. The first-order valence-electron chi connectivity index (χ1n) is 1.87. The lowest BCUT2D eigenvalue weighted by atomic mass is 10.4. The molecule has 0 saturated carbocycles. The molecular weight excluding hydrogens is 131 g/mol. The highest BCUT2D eigenvalue weighted by Gasteiger charge is 1.81. The molecule has 0 rings (SSSR count). The van der Waals surface area contributed by atoms with Gasteiger partial charge in [-0.3, -0.25) is 0 Å². The van der Waals surface area contributed by atoms with E-state index in [1.165, 1.54) is 5.54 Å². The third-order valence-electron chi connectivity index (χ3n) is 0.458. The SMILES string of the molecule is C=CCC(Cl)=CCl. The van der Waals surface area contributed by atoms with E-state index in [0.717, 1.165) is 0 Å². The Morgan fingerprint density at radius 2 is 2.29 bits per heavy atom. The van der Waals surface area contributed by atoms with Crippen LogP contribution in [0.1, 0.15) is 6.42 Å². The van der Waals surface area contributed by atoms with Crippen LogP contribution in [0.5, 0.6) is 0 Å². The molecule has 0 aromatic carbocycles. The molecule has 40 valence electrons. The van der Waals surface area contributed by atoms with Crippen molar-refractivity contribution in [1.29, 1.82) is 0 Å². The summed E-state index contributed by atoms with van der Waals surface area (Å²) in [5.74, 6) is 0. The number of hydrogen-bond donors (Lipinski definition) is 0. The monoisotopic (exact) mass is 136 g/mol. The smallest absolute Gasteiger partial charge is 0.0331 e. The molecule has 0 heterocycles. The summed E-state index contributed by atoms with van der Waals surface area (Å²) in [5, 5.41) is 0.622. The van der Waals surface area contributed by atoms with Crippen LogP contribution in [-0.4, -0.2) is 0 Å². The summed E-state index contributed by atoms with van der Waals surface area (Å²) >= 11 is 10.6. The van der Waals surface area contributed by atoms with Crippen molar-refractivity contribution >= 4 is 23.2 Å². The maximum Gasteiger partial charge on any atom is 0.0331 e. The predicted octanol–water partition coefficient (Wildman–Crippen LogP) is 2.88. The Morgan fingerprint density at radius 1 is 1.71 bits per heavy atom. The van der Waals surface area contributed by atoms with Gasteiger partial charge in [-0.25, -0.2) is 0 Å². The van der Waals surface area contributed by atoms with E-state index < -0.39 is 0 Å². The molecule has 0 saturated heterocycles. The molecule has 0 aliphatic heterocycles. The third-order valence-corrected chi connectivity index (χ3v) is 1.10. The number of halogens is 2. The minimum absolute atomic E-state index is 0.622. The highest BCUT2D eigenvalue weighted by Crippen LogP contribution is 2.07. The highest BCUT2D eigenvalue weighted by molar-refractivity contribution is 6.36. The highest BCUT2D eigenvalue weighted by atomic mass is 35.5. The molecule has 0 fully saturated rings. The van der Waals surface area contributed by atoms with Crippen molar-refractivity contribution in [3.63, 3.8) is 0 Å². The minimum Gasteiger partial charge on any atom is -0.103 e. The fourth-order valence-electron chi connectivity index (χ4n) is 0.182. The Bertz CT molecular complexity index is 84.1. The average molecular weight is 137 g/mol. The largest absolute Gasteiger partial charge is 0.103 e. The topological polar surface area (TPSA) is 0 Å². The second-order valence-corrected chi connectivity index (χ2v) is 1.75. The fourth-order valence-corrected chi connectivity index (χ4v) is 0.381. The normalized spacial score (nSPS) is 11.4. The van der Waals surface area contributed by atoms with E-state index in [-0.39, 0.29) is 0 Å². The summed E-state index contributed by atoms with van der Waals surface area (Å²) in [6, 6.07) is 0. The summed E-state index contributed by atoms with van der Waals surface area (Å²) in [6.45, 7) is 3.46. The van der Waals surface area contributed by atoms with Crippen LogP contribution < -0.4 is 0 Å². The number of rotatable bonds is 2. The van der Waals surface area contributed by atoms with Crippen molar-refractivity contribution in [2.24, 2.45) is 0 Å². The molecule has 0 amide bonds. The fraction of sp³-hybridized carbons (Fsp3) is 0.200. The van der Waals surface area contributed by atoms with Crippen LogP contribution in [0.2, 0.25) is 0 Å². The second kappa shape index (κ2) is 4.23. The maximum absolute atomic E-state index is 5.42. The Kier molecular flexibility index (Phi) is 4.26. The van der Waals surface area contributed by atoms with Crippen molar-refractivity contribution < 1.29 is 0 Å². The van der Waals surface area contributed by atoms with Crippen LogP contribution in [0.15, 0.2) is 23.2 Å². The van der Waals surface area contributed by atoms with Crippen LogP contribution in [0.3, 0.4) is 0 Å². The zero-order chi connectivity index (χ0) is 5.70. The van der Waals surface area contributed by atoms with Gasteiger partial charge in [-0.15, -0.1) is 6.58 Å². The van der Waals surface area contributed by atoms with Gasteiger partial charge in [-0.05, 0) is 0 Å². The first kappa shape index (κ1) is 7.06. The predicted molar refractivity (Wildman–Crippen MR) is 34.6 cm³/mol. The summed E-state index contributed by atoms with van der Waals surface area (Å²) in [4.78, 5) is 0. The molecule has 0 aromatic heterocycles. The van der Waals surface area contributed by atoms with Crippen LogP contribution in [0, 0.1) is 0 Å².